The van der Waals surface area contributed by atoms with E-state index in [9.17, 15) is 10.2 Å². The molecule has 1 aliphatic heterocycles. The van der Waals surface area contributed by atoms with Gasteiger partial charge in [-0.1, -0.05) is 18.2 Å². The van der Waals surface area contributed by atoms with Crippen molar-refractivity contribution in [1.29, 1.82) is 0 Å². The van der Waals surface area contributed by atoms with Gasteiger partial charge in [0.1, 0.15) is 11.6 Å². The Bertz CT molecular complexity index is 1200. The molecule has 0 aliphatic carbocycles. The van der Waals surface area contributed by atoms with Crippen LogP contribution in [0.3, 0.4) is 0 Å². The fourth-order valence-electron chi connectivity index (χ4n) is 4.08. The Hall–Kier alpha value is -3.23. The maximum atomic E-state index is 9.55. The number of hydrogen-bond donors (Lipinski definition) is 3. The predicted molar refractivity (Wildman–Crippen MR) is 116 cm³/mol. The molecule has 0 bridgehead atoms. The van der Waals surface area contributed by atoms with Crippen LogP contribution < -0.4 is 10.2 Å². The molecule has 1 unspecified atom stereocenters. The lowest BCUT2D eigenvalue weighted by Crippen LogP contribution is -2.26. The molecule has 0 amide bonds. The van der Waals surface area contributed by atoms with Crippen molar-refractivity contribution in [3.8, 4) is 11.1 Å². The molecule has 154 valence electrons. The topological polar surface area (TPSA) is 98.8 Å². The third-order valence-electron chi connectivity index (χ3n) is 5.69. The van der Waals surface area contributed by atoms with Crippen molar-refractivity contribution in [2.75, 3.05) is 29.9 Å². The SMILES string of the molecule is CCNc1cc(N2CCC(C(O)O)C2)nc2c(-c3cnc4ccccc4c3)cnn12. The molecular formula is C22H24N6O2. The molecule has 5 rings (SSSR count). The summed E-state index contributed by atoms with van der Waals surface area (Å²) in [5, 5.41) is 28.1. The molecule has 4 heterocycles. The average Bonchev–Trinajstić information content (AvgIpc) is 3.41. The van der Waals surface area contributed by atoms with Gasteiger partial charge in [-0.15, -0.1) is 0 Å². The maximum absolute atomic E-state index is 9.55. The maximum Gasteiger partial charge on any atom is 0.167 e. The van der Waals surface area contributed by atoms with Gasteiger partial charge in [-0.25, -0.2) is 4.98 Å². The van der Waals surface area contributed by atoms with E-state index >= 15 is 0 Å². The number of pyridine rings is 1. The molecule has 8 heteroatoms. The Morgan fingerprint density at radius 3 is 2.87 bits per heavy atom. The van der Waals surface area contributed by atoms with E-state index in [0.29, 0.717) is 6.54 Å². The zero-order chi connectivity index (χ0) is 20.7. The van der Waals surface area contributed by atoms with Gasteiger partial charge < -0.3 is 20.4 Å². The van der Waals surface area contributed by atoms with E-state index in [4.69, 9.17) is 4.98 Å². The Morgan fingerprint density at radius 1 is 1.20 bits per heavy atom. The predicted octanol–water partition coefficient (Wildman–Crippen LogP) is 2.51. The van der Waals surface area contributed by atoms with Crippen LogP contribution in [0.1, 0.15) is 13.3 Å². The van der Waals surface area contributed by atoms with E-state index in [1.165, 1.54) is 0 Å². The number of anilines is 2. The Balaban J connectivity index is 1.62. The van der Waals surface area contributed by atoms with E-state index < -0.39 is 6.29 Å². The van der Waals surface area contributed by atoms with Gasteiger partial charge in [-0.3, -0.25) is 4.98 Å². The minimum atomic E-state index is -1.30. The number of aliphatic hydroxyl groups excluding tert-OH is 1. The normalized spacial score (nSPS) is 16.8. The smallest absolute Gasteiger partial charge is 0.167 e. The van der Waals surface area contributed by atoms with E-state index in [2.05, 4.69) is 26.4 Å². The van der Waals surface area contributed by atoms with Crippen LogP contribution in [0.25, 0.3) is 27.7 Å². The van der Waals surface area contributed by atoms with Crippen molar-refractivity contribution in [1.82, 2.24) is 19.6 Å². The van der Waals surface area contributed by atoms with Crippen LogP contribution in [0.5, 0.6) is 0 Å². The van der Waals surface area contributed by atoms with E-state index in [1.54, 1.807) is 0 Å². The number of nitrogens with zero attached hydrogens (tertiary/aromatic N) is 5. The highest BCUT2D eigenvalue weighted by molar-refractivity contribution is 5.87. The van der Waals surface area contributed by atoms with Gasteiger partial charge in [0.25, 0.3) is 0 Å². The lowest BCUT2D eigenvalue weighted by atomic mass is 10.1. The summed E-state index contributed by atoms with van der Waals surface area (Å²) in [4.78, 5) is 11.6. The summed E-state index contributed by atoms with van der Waals surface area (Å²) >= 11 is 0. The monoisotopic (exact) mass is 404 g/mol. The van der Waals surface area contributed by atoms with Crippen molar-refractivity contribution >= 4 is 28.2 Å². The Morgan fingerprint density at radius 2 is 2.07 bits per heavy atom. The zero-order valence-corrected chi connectivity index (χ0v) is 16.7. The molecule has 1 fully saturated rings. The van der Waals surface area contributed by atoms with Crippen molar-refractivity contribution in [3.05, 3.63) is 48.8 Å². The lowest BCUT2D eigenvalue weighted by Gasteiger charge is -2.20. The molecule has 0 radical (unpaired) electrons. The summed E-state index contributed by atoms with van der Waals surface area (Å²) in [6.07, 6.45) is 3.10. The van der Waals surface area contributed by atoms with Crippen LogP contribution in [0.15, 0.2) is 48.8 Å². The summed E-state index contributed by atoms with van der Waals surface area (Å²) in [5.74, 6) is 1.49. The lowest BCUT2D eigenvalue weighted by molar-refractivity contribution is -0.0771. The number of para-hydroxylation sites is 1. The van der Waals surface area contributed by atoms with E-state index in [-0.39, 0.29) is 5.92 Å². The van der Waals surface area contributed by atoms with E-state index in [0.717, 1.165) is 58.8 Å². The summed E-state index contributed by atoms with van der Waals surface area (Å²) in [5.41, 5.74) is 3.56. The van der Waals surface area contributed by atoms with Crippen molar-refractivity contribution in [3.63, 3.8) is 0 Å². The number of benzene rings is 1. The molecule has 1 aromatic carbocycles. The molecule has 0 saturated carbocycles. The number of aliphatic hydroxyl groups is 2. The fraction of sp³-hybridized carbons (Fsp3) is 0.318. The fourth-order valence-corrected chi connectivity index (χ4v) is 4.08. The highest BCUT2D eigenvalue weighted by Gasteiger charge is 2.29. The second kappa shape index (κ2) is 7.55. The number of fused-ring (bicyclic) bond motifs is 2. The molecule has 1 atom stereocenters. The second-order valence-corrected chi connectivity index (χ2v) is 7.65. The molecule has 0 spiro atoms. The van der Waals surface area contributed by atoms with Crippen molar-refractivity contribution in [2.45, 2.75) is 19.6 Å². The van der Waals surface area contributed by atoms with Crippen molar-refractivity contribution < 1.29 is 10.2 Å². The minimum Gasteiger partial charge on any atom is -0.370 e. The van der Waals surface area contributed by atoms with E-state index in [1.807, 2.05) is 54.2 Å². The van der Waals surface area contributed by atoms with Gasteiger partial charge in [0.05, 0.1) is 11.7 Å². The van der Waals surface area contributed by atoms with Gasteiger partial charge in [0.2, 0.25) is 0 Å². The first kappa shape index (κ1) is 18.8. The average molecular weight is 404 g/mol. The van der Waals surface area contributed by atoms with Crippen molar-refractivity contribution in [2.24, 2.45) is 5.92 Å². The molecule has 3 N–H and O–H groups in total. The summed E-state index contributed by atoms with van der Waals surface area (Å²) in [7, 11) is 0. The third-order valence-corrected chi connectivity index (χ3v) is 5.69. The largest absolute Gasteiger partial charge is 0.370 e. The van der Waals surface area contributed by atoms with Gasteiger partial charge in [-0.05, 0) is 25.5 Å². The summed E-state index contributed by atoms with van der Waals surface area (Å²) in [6.45, 7) is 4.09. The second-order valence-electron chi connectivity index (χ2n) is 7.65. The highest BCUT2D eigenvalue weighted by atomic mass is 16.5. The Kier molecular flexibility index (Phi) is 4.72. The highest BCUT2D eigenvalue weighted by Crippen LogP contribution is 2.31. The molecule has 1 aliphatic rings. The number of hydrogen-bond acceptors (Lipinski definition) is 7. The summed E-state index contributed by atoms with van der Waals surface area (Å²) < 4.78 is 1.81. The first-order chi connectivity index (χ1) is 14.6. The van der Waals surface area contributed by atoms with Crippen LogP contribution in [0.4, 0.5) is 11.6 Å². The third kappa shape index (κ3) is 3.24. The van der Waals surface area contributed by atoms with Crippen LogP contribution >= 0.6 is 0 Å². The molecule has 1 saturated heterocycles. The van der Waals surface area contributed by atoms with Gasteiger partial charge in [0.15, 0.2) is 11.9 Å². The van der Waals surface area contributed by atoms with Crippen LogP contribution in [0, 0.1) is 5.92 Å². The minimum absolute atomic E-state index is 0.167. The molecular weight excluding hydrogens is 380 g/mol. The van der Waals surface area contributed by atoms with Gasteiger partial charge in [0, 0.05) is 54.3 Å². The standard InChI is InChI=1S/C22H24N6O2/c1-2-23-19-10-20(27-8-7-15(13-27)22(29)30)26-21-17(12-25-28(19)21)16-9-14-5-3-4-6-18(14)24-11-16/h3-6,9-12,15,22-23,29-30H,2,7-8,13H2,1H3. The number of nitrogens with one attached hydrogen (secondary N) is 1. The molecule has 30 heavy (non-hydrogen) atoms. The van der Waals surface area contributed by atoms with Crippen LogP contribution in [-0.2, 0) is 0 Å². The van der Waals surface area contributed by atoms with Crippen LogP contribution in [-0.4, -0.2) is 55.7 Å². The molecule has 8 nitrogen and oxygen atoms in total. The number of rotatable bonds is 5. The zero-order valence-electron chi connectivity index (χ0n) is 16.7. The molecule has 4 aromatic rings. The first-order valence-corrected chi connectivity index (χ1v) is 10.2. The number of aromatic nitrogens is 4. The summed E-state index contributed by atoms with van der Waals surface area (Å²) in [6, 6.07) is 12.1. The first-order valence-electron chi connectivity index (χ1n) is 10.2. The quantitative estimate of drug-likeness (QED) is 0.440. The Labute approximate surface area is 173 Å². The molecule has 3 aromatic heterocycles. The van der Waals surface area contributed by atoms with Gasteiger partial charge in [-0.2, -0.15) is 9.61 Å². The van der Waals surface area contributed by atoms with Crippen LogP contribution in [0.2, 0.25) is 0 Å². The van der Waals surface area contributed by atoms with Gasteiger partial charge >= 0.3 is 0 Å².